The average molecular weight is 394 g/mol. The van der Waals surface area contributed by atoms with Crippen molar-refractivity contribution in [2.45, 2.75) is 20.1 Å². The highest BCUT2D eigenvalue weighted by molar-refractivity contribution is 5.73. The van der Waals surface area contributed by atoms with Gasteiger partial charge in [-0.25, -0.2) is 4.79 Å². The molecule has 0 aliphatic carbocycles. The van der Waals surface area contributed by atoms with Gasteiger partial charge in [0.25, 0.3) is 0 Å². The van der Waals surface area contributed by atoms with Gasteiger partial charge in [0.2, 0.25) is 0 Å². The number of urea groups is 1. The van der Waals surface area contributed by atoms with Gasteiger partial charge in [0.15, 0.2) is 11.5 Å². The molecule has 2 aromatic rings. The molecule has 0 aliphatic heterocycles. The van der Waals surface area contributed by atoms with Gasteiger partial charge in [0.1, 0.15) is 12.4 Å². The van der Waals surface area contributed by atoms with Crippen LogP contribution in [0.1, 0.15) is 11.1 Å². The highest BCUT2D eigenvalue weighted by atomic mass is 19.3. The Balaban J connectivity index is 1.79. The number of halogens is 2. The third-order valence-electron chi connectivity index (χ3n) is 3.95. The second kappa shape index (κ2) is 10.3. The van der Waals surface area contributed by atoms with Crippen molar-refractivity contribution in [2.75, 3.05) is 27.3 Å². The Morgan fingerprint density at radius 3 is 2.50 bits per heavy atom. The van der Waals surface area contributed by atoms with Crippen molar-refractivity contribution in [1.29, 1.82) is 0 Å². The van der Waals surface area contributed by atoms with Crippen LogP contribution >= 0.6 is 0 Å². The molecule has 0 atom stereocenters. The largest absolute Gasteiger partial charge is 0.493 e. The summed E-state index contributed by atoms with van der Waals surface area (Å²) >= 11 is 0. The van der Waals surface area contributed by atoms with Crippen LogP contribution in [0.5, 0.6) is 17.2 Å². The molecule has 0 saturated heterocycles. The molecule has 2 aromatic carbocycles. The molecule has 0 bridgehead atoms. The van der Waals surface area contributed by atoms with Gasteiger partial charge in [0.05, 0.1) is 13.7 Å². The van der Waals surface area contributed by atoms with Crippen molar-refractivity contribution >= 4 is 6.03 Å². The minimum absolute atomic E-state index is 0.0575. The quantitative estimate of drug-likeness (QED) is 0.702. The molecule has 2 amide bonds. The summed E-state index contributed by atoms with van der Waals surface area (Å²) in [7, 11) is 3.02. The molecule has 0 heterocycles. The molecular formula is C20H24F2N2O4. The Morgan fingerprint density at radius 2 is 1.86 bits per heavy atom. The third-order valence-corrected chi connectivity index (χ3v) is 3.95. The Hall–Kier alpha value is -3.03. The summed E-state index contributed by atoms with van der Waals surface area (Å²) in [5.74, 6) is 0.863. The zero-order valence-corrected chi connectivity index (χ0v) is 16.1. The zero-order valence-electron chi connectivity index (χ0n) is 16.1. The van der Waals surface area contributed by atoms with E-state index in [4.69, 9.17) is 9.47 Å². The number of amides is 2. The van der Waals surface area contributed by atoms with Crippen molar-refractivity contribution < 1.29 is 27.8 Å². The zero-order chi connectivity index (χ0) is 20.5. The Morgan fingerprint density at radius 1 is 1.14 bits per heavy atom. The number of hydrogen-bond acceptors (Lipinski definition) is 4. The molecule has 0 unspecified atom stereocenters. The highest BCUT2D eigenvalue weighted by Gasteiger charge is 2.12. The summed E-state index contributed by atoms with van der Waals surface area (Å²) in [5.41, 5.74) is 1.84. The number of alkyl halides is 2. The number of likely N-dealkylation sites (N-methyl/N-ethyl adjacent to an activating group) is 1. The molecule has 8 heteroatoms. The van der Waals surface area contributed by atoms with Crippen LogP contribution in [0, 0.1) is 6.92 Å². The van der Waals surface area contributed by atoms with E-state index in [0.717, 1.165) is 11.3 Å². The molecule has 0 radical (unpaired) electrons. The SMILES string of the molecule is COc1cc(CNC(=O)N(C)CCOc2ccc(C)cc2)ccc1OC(F)F. The summed E-state index contributed by atoms with van der Waals surface area (Å²) in [6.07, 6.45) is 0. The number of nitrogens with zero attached hydrogens (tertiary/aromatic N) is 1. The van der Waals surface area contributed by atoms with E-state index in [1.54, 1.807) is 19.2 Å². The van der Waals surface area contributed by atoms with E-state index in [9.17, 15) is 13.6 Å². The van der Waals surface area contributed by atoms with E-state index in [0.29, 0.717) is 18.7 Å². The summed E-state index contributed by atoms with van der Waals surface area (Å²) in [5, 5.41) is 2.75. The highest BCUT2D eigenvalue weighted by Crippen LogP contribution is 2.29. The lowest BCUT2D eigenvalue weighted by Crippen LogP contribution is -2.39. The average Bonchev–Trinajstić information content (AvgIpc) is 2.67. The van der Waals surface area contributed by atoms with Crippen molar-refractivity contribution in [1.82, 2.24) is 10.2 Å². The maximum atomic E-state index is 12.4. The maximum Gasteiger partial charge on any atom is 0.387 e. The van der Waals surface area contributed by atoms with Crippen molar-refractivity contribution in [3.63, 3.8) is 0 Å². The lowest BCUT2D eigenvalue weighted by molar-refractivity contribution is -0.0512. The topological polar surface area (TPSA) is 60.0 Å². The second-order valence-electron chi connectivity index (χ2n) is 6.11. The molecule has 0 aliphatic rings. The fraction of sp³-hybridized carbons (Fsp3) is 0.350. The fourth-order valence-corrected chi connectivity index (χ4v) is 2.36. The molecule has 0 saturated carbocycles. The molecule has 152 valence electrons. The summed E-state index contributed by atoms with van der Waals surface area (Å²) < 4.78 is 39.7. The molecule has 28 heavy (non-hydrogen) atoms. The minimum Gasteiger partial charge on any atom is -0.493 e. The third kappa shape index (κ3) is 6.61. The van der Waals surface area contributed by atoms with Gasteiger partial charge in [-0.3, -0.25) is 0 Å². The van der Waals surface area contributed by atoms with E-state index >= 15 is 0 Å². The van der Waals surface area contributed by atoms with Gasteiger partial charge < -0.3 is 24.4 Å². The van der Waals surface area contributed by atoms with E-state index in [2.05, 4.69) is 10.1 Å². The van der Waals surface area contributed by atoms with Crippen LogP contribution in [0.4, 0.5) is 13.6 Å². The molecule has 1 N–H and O–H groups in total. The van der Waals surface area contributed by atoms with Crippen molar-refractivity contribution in [3.05, 3.63) is 53.6 Å². The van der Waals surface area contributed by atoms with Crippen LogP contribution < -0.4 is 19.5 Å². The van der Waals surface area contributed by atoms with Crippen LogP contribution in [0.3, 0.4) is 0 Å². The van der Waals surface area contributed by atoms with Gasteiger partial charge in [-0.1, -0.05) is 23.8 Å². The Bertz CT molecular complexity index is 769. The van der Waals surface area contributed by atoms with Gasteiger partial charge in [-0.2, -0.15) is 8.78 Å². The number of ether oxygens (including phenoxy) is 3. The smallest absolute Gasteiger partial charge is 0.387 e. The first-order valence-corrected chi connectivity index (χ1v) is 8.69. The second-order valence-corrected chi connectivity index (χ2v) is 6.11. The number of rotatable bonds is 9. The first-order valence-electron chi connectivity index (χ1n) is 8.69. The number of aryl methyl sites for hydroxylation is 1. The lowest BCUT2D eigenvalue weighted by atomic mass is 10.2. The van der Waals surface area contributed by atoms with Crippen LogP contribution in [0.25, 0.3) is 0 Å². The summed E-state index contributed by atoms with van der Waals surface area (Å²) in [4.78, 5) is 13.7. The number of carbonyl (C=O) groups excluding carboxylic acids is 1. The van der Waals surface area contributed by atoms with Gasteiger partial charge >= 0.3 is 12.6 Å². The van der Waals surface area contributed by atoms with Crippen LogP contribution in [-0.2, 0) is 6.54 Å². The fourth-order valence-electron chi connectivity index (χ4n) is 2.36. The number of carbonyl (C=O) groups is 1. The first kappa shape index (κ1) is 21.3. The Kier molecular flexibility index (Phi) is 7.86. The lowest BCUT2D eigenvalue weighted by Gasteiger charge is -2.18. The number of benzene rings is 2. The first-order chi connectivity index (χ1) is 13.4. The predicted molar refractivity (Wildman–Crippen MR) is 101 cm³/mol. The van der Waals surface area contributed by atoms with Gasteiger partial charge in [-0.05, 0) is 36.8 Å². The Labute approximate surface area is 163 Å². The molecular weight excluding hydrogens is 370 g/mol. The van der Waals surface area contributed by atoms with E-state index in [-0.39, 0.29) is 24.1 Å². The van der Waals surface area contributed by atoms with Crippen LogP contribution in [-0.4, -0.2) is 44.9 Å². The van der Waals surface area contributed by atoms with Crippen LogP contribution in [0.2, 0.25) is 0 Å². The molecule has 0 fully saturated rings. The van der Waals surface area contributed by atoms with E-state index < -0.39 is 6.61 Å². The molecule has 0 spiro atoms. The number of hydrogen-bond donors (Lipinski definition) is 1. The minimum atomic E-state index is -2.93. The number of nitrogens with one attached hydrogen (secondary N) is 1. The summed E-state index contributed by atoms with van der Waals surface area (Å²) in [6.45, 7) is 0.0460. The monoisotopic (exact) mass is 394 g/mol. The van der Waals surface area contributed by atoms with Crippen molar-refractivity contribution in [3.8, 4) is 17.2 Å². The number of methoxy groups -OCH3 is 1. The normalized spacial score (nSPS) is 10.5. The van der Waals surface area contributed by atoms with E-state index in [1.165, 1.54) is 18.1 Å². The van der Waals surface area contributed by atoms with Crippen molar-refractivity contribution in [2.24, 2.45) is 0 Å². The predicted octanol–water partition coefficient (Wildman–Crippen LogP) is 3.83. The maximum absolute atomic E-state index is 12.4. The van der Waals surface area contributed by atoms with Gasteiger partial charge in [-0.15, -0.1) is 0 Å². The van der Waals surface area contributed by atoms with E-state index in [1.807, 2.05) is 31.2 Å². The molecule has 6 nitrogen and oxygen atoms in total. The summed E-state index contributed by atoms with van der Waals surface area (Å²) in [6, 6.07) is 11.9. The molecule has 0 aromatic heterocycles. The van der Waals surface area contributed by atoms with Crippen LogP contribution in [0.15, 0.2) is 42.5 Å². The van der Waals surface area contributed by atoms with Gasteiger partial charge in [0, 0.05) is 13.6 Å². The molecule has 2 rings (SSSR count). The standard InChI is InChI=1S/C20H24F2N2O4/c1-14-4-7-16(8-5-14)27-11-10-24(2)20(25)23-13-15-6-9-17(28-19(21)22)18(12-15)26-3/h4-9,12,19H,10-11,13H2,1-3H3,(H,23,25).